The van der Waals surface area contributed by atoms with E-state index >= 15 is 0 Å². The fourth-order valence-electron chi connectivity index (χ4n) is 1.23. The third-order valence-corrected chi connectivity index (χ3v) is 2.07. The van der Waals surface area contributed by atoms with Crippen LogP contribution in [0.25, 0.3) is 0 Å². The highest BCUT2D eigenvalue weighted by molar-refractivity contribution is 5.92. The van der Waals surface area contributed by atoms with E-state index in [1.807, 2.05) is 0 Å². The quantitative estimate of drug-likeness (QED) is 0.476. The maximum absolute atomic E-state index is 11.7. The maximum Gasteiger partial charge on any atom is 0.364 e. The van der Waals surface area contributed by atoms with Crippen LogP contribution >= 0.6 is 0 Å². The van der Waals surface area contributed by atoms with E-state index < -0.39 is 28.7 Å². The van der Waals surface area contributed by atoms with Crippen molar-refractivity contribution in [2.75, 3.05) is 6.61 Å². The molecule has 0 radical (unpaired) electrons. The number of ether oxygens (including phenoxy) is 1. The Morgan fingerprint density at radius 3 is 2.79 bits per heavy atom. The van der Waals surface area contributed by atoms with Crippen molar-refractivity contribution >= 4 is 17.7 Å². The van der Waals surface area contributed by atoms with Gasteiger partial charge in [0, 0.05) is 13.0 Å². The van der Waals surface area contributed by atoms with E-state index in [0.29, 0.717) is 0 Å². The van der Waals surface area contributed by atoms with Crippen LogP contribution in [0.2, 0.25) is 0 Å². The molecule has 1 atom stereocenters. The number of rotatable bonds is 5. The second-order valence-electron chi connectivity index (χ2n) is 3.82. The highest BCUT2D eigenvalue weighted by atomic mass is 16.6. The van der Waals surface area contributed by atoms with Crippen molar-refractivity contribution in [2.24, 2.45) is 0 Å². The molecule has 19 heavy (non-hydrogen) atoms. The Hall–Kier alpha value is -2.51. The van der Waals surface area contributed by atoms with Crippen LogP contribution in [0.4, 0.5) is 5.82 Å². The summed E-state index contributed by atoms with van der Waals surface area (Å²) in [6, 6.07) is 3.51. The number of amides is 1. The average Bonchev–Trinajstić information content (AvgIpc) is 2.36. The third-order valence-electron chi connectivity index (χ3n) is 2.07. The van der Waals surface area contributed by atoms with E-state index in [9.17, 15) is 19.7 Å². The average molecular weight is 267 g/mol. The summed E-state index contributed by atoms with van der Waals surface area (Å²) in [5, 5.41) is 13.0. The number of nitrogens with one attached hydrogen (secondary N) is 1. The second kappa shape index (κ2) is 6.43. The summed E-state index contributed by atoms with van der Waals surface area (Å²) in [5.74, 6) is -1.42. The van der Waals surface area contributed by atoms with Crippen LogP contribution in [0, 0.1) is 10.1 Å². The third kappa shape index (κ3) is 4.70. The number of hydrogen-bond donors (Lipinski definition) is 1. The van der Waals surface area contributed by atoms with Crippen LogP contribution in [0.15, 0.2) is 18.2 Å². The SMILES string of the molecule is CC(=O)OCC(C)NC(=O)c1cccc([N+](=O)[O-])n1. The topological polar surface area (TPSA) is 111 Å². The first-order valence-electron chi connectivity index (χ1n) is 5.46. The minimum absolute atomic E-state index is 0.0238. The van der Waals surface area contributed by atoms with E-state index in [0.717, 1.165) is 0 Å². The summed E-state index contributed by atoms with van der Waals surface area (Å²) in [4.78, 5) is 35.8. The van der Waals surface area contributed by atoms with Crippen LogP contribution in [0.5, 0.6) is 0 Å². The van der Waals surface area contributed by atoms with E-state index in [1.165, 1.54) is 25.1 Å². The first kappa shape index (κ1) is 14.6. The number of nitro groups is 1. The van der Waals surface area contributed by atoms with Gasteiger partial charge in [0.25, 0.3) is 5.91 Å². The zero-order chi connectivity index (χ0) is 14.4. The molecule has 0 aliphatic rings. The molecule has 8 heteroatoms. The molecule has 102 valence electrons. The monoisotopic (exact) mass is 267 g/mol. The lowest BCUT2D eigenvalue weighted by Gasteiger charge is -2.11. The molecule has 0 aliphatic heterocycles. The summed E-state index contributed by atoms with van der Waals surface area (Å²) in [7, 11) is 0. The van der Waals surface area contributed by atoms with Gasteiger partial charge in [-0.25, -0.2) is 0 Å². The van der Waals surface area contributed by atoms with Crippen molar-refractivity contribution in [3.63, 3.8) is 0 Å². The summed E-state index contributed by atoms with van der Waals surface area (Å²) in [5.41, 5.74) is -0.0659. The smallest absolute Gasteiger partial charge is 0.364 e. The van der Waals surface area contributed by atoms with Gasteiger partial charge in [0.1, 0.15) is 6.61 Å². The summed E-state index contributed by atoms with van der Waals surface area (Å²) >= 11 is 0. The molecule has 1 aromatic heterocycles. The number of aromatic nitrogens is 1. The lowest BCUT2D eigenvalue weighted by Crippen LogP contribution is -2.36. The molecule has 1 rings (SSSR count). The molecule has 8 nitrogen and oxygen atoms in total. The fraction of sp³-hybridized carbons (Fsp3) is 0.364. The van der Waals surface area contributed by atoms with Crippen molar-refractivity contribution in [1.82, 2.24) is 10.3 Å². The molecule has 0 saturated carbocycles. The lowest BCUT2D eigenvalue weighted by molar-refractivity contribution is -0.389. The van der Waals surface area contributed by atoms with Gasteiger partial charge >= 0.3 is 11.8 Å². The summed E-state index contributed by atoms with van der Waals surface area (Å²) < 4.78 is 4.72. The highest BCUT2D eigenvalue weighted by Gasteiger charge is 2.18. The molecular weight excluding hydrogens is 254 g/mol. The Morgan fingerprint density at radius 2 is 2.21 bits per heavy atom. The van der Waals surface area contributed by atoms with Crippen LogP contribution in [0.3, 0.4) is 0 Å². The predicted octanol–water partition coefficient (Wildman–Crippen LogP) is 0.671. The highest BCUT2D eigenvalue weighted by Crippen LogP contribution is 2.07. The van der Waals surface area contributed by atoms with Crippen molar-refractivity contribution in [3.8, 4) is 0 Å². The van der Waals surface area contributed by atoms with Crippen LogP contribution < -0.4 is 5.32 Å². The number of hydrogen-bond acceptors (Lipinski definition) is 6. The van der Waals surface area contributed by atoms with Gasteiger partial charge in [-0.1, -0.05) is 0 Å². The van der Waals surface area contributed by atoms with Gasteiger partial charge < -0.3 is 20.2 Å². The van der Waals surface area contributed by atoms with Crippen LogP contribution in [0.1, 0.15) is 24.3 Å². The summed E-state index contributed by atoms with van der Waals surface area (Å²) in [6.45, 7) is 2.92. The van der Waals surface area contributed by atoms with E-state index in [-0.39, 0.29) is 12.3 Å². The lowest BCUT2D eigenvalue weighted by atomic mass is 10.3. The zero-order valence-corrected chi connectivity index (χ0v) is 10.5. The van der Waals surface area contributed by atoms with Crippen LogP contribution in [-0.4, -0.2) is 34.4 Å². The van der Waals surface area contributed by atoms with Gasteiger partial charge in [-0.2, -0.15) is 0 Å². The molecule has 0 aromatic carbocycles. The zero-order valence-electron chi connectivity index (χ0n) is 10.5. The molecule has 1 heterocycles. The summed E-state index contributed by atoms with van der Waals surface area (Å²) in [6.07, 6.45) is 0. The molecule has 0 aliphatic carbocycles. The Morgan fingerprint density at radius 1 is 1.53 bits per heavy atom. The fourth-order valence-corrected chi connectivity index (χ4v) is 1.23. The van der Waals surface area contributed by atoms with Crippen molar-refractivity contribution in [1.29, 1.82) is 0 Å². The Balaban J connectivity index is 2.65. The van der Waals surface area contributed by atoms with E-state index in [4.69, 9.17) is 4.74 Å². The van der Waals surface area contributed by atoms with Gasteiger partial charge in [-0.05, 0) is 29.0 Å². The molecule has 0 bridgehead atoms. The van der Waals surface area contributed by atoms with Gasteiger partial charge in [0.2, 0.25) is 5.69 Å². The number of esters is 1. The maximum atomic E-state index is 11.7. The molecule has 0 saturated heterocycles. The minimum atomic E-state index is -0.681. The number of nitrogens with zero attached hydrogens (tertiary/aromatic N) is 2. The minimum Gasteiger partial charge on any atom is -0.464 e. The number of carbonyl (C=O) groups excluding carboxylic acids is 2. The molecule has 1 N–H and O–H groups in total. The second-order valence-corrected chi connectivity index (χ2v) is 3.82. The van der Waals surface area contributed by atoms with Crippen molar-refractivity contribution < 1.29 is 19.2 Å². The first-order chi connectivity index (χ1) is 8.90. The van der Waals surface area contributed by atoms with Gasteiger partial charge in [-0.3, -0.25) is 9.59 Å². The molecule has 0 spiro atoms. The first-order valence-corrected chi connectivity index (χ1v) is 5.46. The molecule has 1 amide bonds. The van der Waals surface area contributed by atoms with Crippen molar-refractivity contribution in [3.05, 3.63) is 34.0 Å². The Labute approximate surface area is 108 Å². The molecule has 1 aromatic rings. The number of pyridine rings is 1. The van der Waals surface area contributed by atoms with Gasteiger partial charge in [0.05, 0.1) is 6.04 Å². The number of carbonyl (C=O) groups is 2. The van der Waals surface area contributed by atoms with Gasteiger partial charge in [0.15, 0.2) is 0 Å². The largest absolute Gasteiger partial charge is 0.464 e. The van der Waals surface area contributed by atoms with E-state index in [2.05, 4.69) is 10.3 Å². The predicted molar refractivity (Wildman–Crippen MR) is 64.5 cm³/mol. The Kier molecular flexibility index (Phi) is 4.92. The molecule has 1 unspecified atom stereocenters. The van der Waals surface area contributed by atoms with Crippen molar-refractivity contribution in [2.45, 2.75) is 19.9 Å². The standard InChI is InChI=1S/C11H13N3O5/c1-7(6-19-8(2)15)12-11(16)9-4-3-5-10(13-9)14(17)18/h3-5,7H,6H2,1-2H3,(H,12,16). The normalized spacial score (nSPS) is 11.5. The van der Waals surface area contributed by atoms with Gasteiger partial charge in [-0.15, -0.1) is 0 Å². The Bertz CT molecular complexity index is 503. The van der Waals surface area contributed by atoms with Crippen LogP contribution in [-0.2, 0) is 9.53 Å². The molecular formula is C11H13N3O5. The molecule has 0 fully saturated rings. The van der Waals surface area contributed by atoms with E-state index in [1.54, 1.807) is 6.92 Å².